The van der Waals surface area contributed by atoms with E-state index in [1.54, 1.807) is 83.5 Å². The molecular weight excluding hydrogens is 1060 g/mol. The predicted molar refractivity (Wildman–Crippen MR) is 313 cm³/mol. The number of carbonyl (C=O) groups is 5. The lowest BCUT2D eigenvalue weighted by Gasteiger charge is -2.27. The van der Waals surface area contributed by atoms with Gasteiger partial charge in [0.25, 0.3) is 11.8 Å². The van der Waals surface area contributed by atoms with Crippen LogP contribution in [0.4, 0.5) is 49.3 Å². The molecule has 24 nitrogen and oxygen atoms in total. The van der Waals surface area contributed by atoms with Crippen LogP contribution in [0, 0.1) is 0 Å². The van der Waals surface area contributed by atoms with Crippen molar-refractivity contribution in [1.29, 1.82) is 0 Å². The molecule has 10 heterocycles. The summed E-state index contributed by atoms with van der Waals surface area (Å²) in [7, 11) is 7.04. The smallest absolute Gasteiger partial charge is 0.415 e. The number of hydrogen-bond acceptors (Lipinski definition) is 17. The maximum Gasteiger partial charge on any atom is 0.415 e. The van der Waals surface area contributed by atoms with Crippen molar-refractivity contribution in [3.63, 3.8) is 0 Å². The molecule has 6 aromatic rings. The van der Waals surface area contributed by atoms with Gasteiger partial charge in [-0.1, -0.05) is 25.7 Å². The molecule has 12 rings (SSSR count). The summed E-state index contributed by atoms with van der Waals surface area (Å²) in [4.78, 5) is 100. The Morgan fingerprint density at radius 1 is 0.614 bits per heavy atom. The molecule has 3 N–H and O–H groups in total. The second-order valence-corrected chi connectivity index (χ2v) is 24.3. The minimum absolute atomic E-state index is 0.0380. The second kappa shape index (κ2) is 23.2. The van der Waals surface area contributed by atoms with Gasteiger partial charge in [0.15, 0.2) is 0 Å². The van der Waals surface area contributed by atoms with Crippen LogP contribution in [0.25, 0.3) is 22.1 Å². The zero-order valence-corrected chi connectivity index (χ0v) is 48.7. The molecule has 2 spiro atoms. The molecule has 2 atom stereocenters. The summed E-state index contributed by atoms with van der Waals surface area (Å²) in [5.41, 5.74) is 2.39. The van der Waals surface area contributed by atoms with Crippen LogP contribution in [-0.4, -0.2) is 168 Å². The summed E-state index contributed by atoms with van der Waals surface area (Å²) in [5, 5.41) is 11.4. The van der Waals surface area contributed by atoms with Crippen LogP contribution >= 0.6 is 0 Å². The first-order valence-electron chi connectivity index (χ1n) is 29.2. The minimum Gasteiger partial charge on any atom is -0.444 e. The van der Waals surface area contributed by atoms with E-state index in [-0.39, 0.29) is 36.1 Å². The number of amides is 5. The van der Waals surface area contributed by atoms with E-state index >= 15 is 0 Å². The van der Waals surface area contributed by atoms with Crippen LogP contribution in [-0.2, 0) is 14.2 Å². The highest BCUT2D eigenvalue weighted by Gasteiger charge is 2.48. The maximum absolute atomic E-state index is 13.0. The Balaban J connectivity index is 0.000000176. The first-order valence-corrected chi connectivity index (χ1v) is 29.2. The Labute approximate surface area is 482 Å². The van der Waals surface area contributed by atoms with Crippen molar-refractivity contribution < 1.29 is 38.2 Å². The number of likely N-dealkylation sites (tertiary alicyclic amines) is 1. The highest BCUT2D eigenvalue weighted by atomic mass is 16.6. The van der Waals surface area contributed by atoms with Gasteiger partial charge in [0, 0.05) is 89.4 Å². The average Bonchev–Trinajstić information content (AvgIpc) is 2.48. The molecule has 4 saturated heterocycles. The molecule has 6 aliphatic rings. The largest absolute Gasteiger partial charge is 0.444 e. The molecule has 2 saturated carbocycles. The molecule has 0 unspecified atom stereocenters. The first kappa shape index (κ1) is 56.7. The lowest BCUT2D eigenvalue weighted by atomic mass is 9.95. The van der Waals surface area contributed by atoms with Crippen molar-refractivity contribution in [1.82, 2.24) is 59.1 Å². The first-order chi connectivity index (χ1) is 39.8. The van der Waals surface area contributed by atoms with E-state index in [1.807, 2.05) is 51.1 Å². The van der Waals surface area contributed by atoms with Crippen molar-refractivity contribution in [3.05, 3.63) is 72.6 Å². The molecule has 5 amide bonds. The molecule has 24 heteroatoms. The molecule has 83 heavy (non-hydrogen) atoms. The molecule has 6 aromatic heterocycles. The normalized spacial score (nSPS) is 21.5. The lowest BCUT2D eigenvalue weighted by molar-refractivity contribution is 0.0216. The Kier molecular flexibility index (Phi) is 15.9. The molecule has 0 radical (unpaired) electrons. The summed E-state index contributed by atoms with van der Waals surface area (Å²) < 4.78 is 21.5. The van der Waals surface area contributed by atoms with Gasteiger partial charge in [-0.25, -0.2) is 34.3 Å². The third-order valence-electron chi connectivity index (χ3n) is 16.6. The number of ether oxygens (including phenoxy) is 3. The molecular formula is C59H76N16O8. The number of fused-ring (bicyclic) bond motifs is 2. The Morgan fingerprint density at radius 3 is 1.55 bits per heavy atom. The lowest BCUT2D eigenvalue weighted by Crippen LogP contribution is -2.39. The fourth-order valence-corrected chi connectivity index (χ4v) is 12.4. The number of hydrogen-bond donors (Lipinski definition) is 3. The van der Waals surface area contributed by atoms with Crippen molar-refractivity contribution >= 4 is 87.1 Å². The van der Waals surface area contributed by atoms with Gasteiger partial charge in [0.2, 0.25) is 11.9 Å². The van der Waals surface area contributed by atoms with Gasteiger partial charge in [0.1, 0.15) is 51.1 Å². The molecule has 2 aliphatic carbocycles. The number of carbonyl (C=O) groups excluding carboxylic acids is 5. The van der Waals surface area contributed by atoms with E-state index in [4.69, 9.17) is 24.2 Å². The van der Waals surface area contributed by atoms with Gasteiger partial charge in [0.05, 0.1) is 36.9 Å². The highest BCUT2D eigenvalue weighted by molar-refractivity contribution is 5.99. The highest BCUT2D eigenvalue weighted by Crippen LogP contribution is 2.40. The number of nitrogens with one attached hydrogen (secondary N) is 3. The quantitative estimate of drug-likeness (QED) is 0.108. The van der Waals surface area contributed by atoms with E-state index < -0.39 is 22.9 Å². The van der Waals surface area contributed by atoms with Crippen molar-refractivity contribution in [2.45, 2.75) is 140 Å². The molecule has 0 bridgehead atoms. The standard InChI is InChI=1S/C32H42N8O5.C27H34N8O3/c1-31(2,3)44-29(42)38-15-8-13-32(14-16-38)20-39(30(43)45-32)23-11-12-25(33-19-23)35-28-34-18-21-17-24(27(41)37(4)5)40(26(21)36-28)22-9-6-7-10-22;1-33(2)24(36)21-14-18-15-30-25(32-23(18)35(21)19-6-3-4-7-19)31-22-9-8-20(16-29-22)34-17-27(38-26(34)37)10-5-12-28-13-11-27/h11-12,17-19,22H,6-10,13-16,20H2,1-5H3,(H,33,34,35,36);8-9,14-16,19,28H,3-7,10-13,17H2,1-2H3,(H,29,30,31,32)/t32-;27-/m11/s1. The van der Waals surface area contributed by atoms with Crippen LogP contribution in [0.2, 0.25) is 0 Å². The fourth-order valence-electron chi connectivity index (χ4n) is 12.4. The summed E-state index contributed by atoms with van der Waals surface area (Å²) in [6.07, 6.45) is 18.9. The van der Waals surface area contributed by atoms with Gasteiger partial charge < -0.3 is 54.0 Å². The molecule has 0 aromatic carbocycles. The van der Waals surface area contributed by atoms with E-state index in [1.165, 1.54) is 0 Å². The van der Waals surface area contributed by atoms with Crippen LogP contribution in [0.3, 0.4) is 0 Å². The van der Waals surface area contributed by atoms with Gasteiger partial charge in [-0.15, -0.1) is 0 Å². The number of aromatic nitrogens is 8. The summed E-state index contributed by atoms with van der Waals surface area (Å²) in [6, 6.07) is 11.5. The van der Waals surface area contributed by atoms with Gasteiger partial charge in [-0.3, -0.25) is 19.4 Å². The van der Waals surface area contributed by atoms with Crippen molar-refractivity contribution in [2.75, 3.05) is 87.9 Å². The van der Waals surface area contributed by atoms with Crippen molar-refractivity contribution in [3.8, 4) is 0 Å². The third kappa shape index (κ3) is 12.2. The molecule has 6 fully saturated rings. The third-order valence-corrected chi connectivity index (χ3v) is 16.6. The minimum atomic E-state index is -0.672. The summed E-state index contributed by atoms with van der Waals surface area (Å²) in [5.74, 6) is 1.77. The zero-order chi connectivity index (χ0) is 58.2. The summed E-state index contributed by atoms with van der Waals surface area (Å²) >= 11 is 0. The van der Waals surface area contributed by atoms with E-state index in [9.17, 15) is 24.0 Å². The van der Waals surface area contributed by atoms with Crippen LogP contribution in [0.1, 0.15) is 144 Å². The van der Waals surface area contributed by atoms with Gasteiger partial charge in [-0.2, -0.15) is 9.97 Å². The predicted octanol–water partition coefficient (Wildman–Crippen LogP) is 9.36. The number of anilines is 6. The van der Waals surface area contributed by atoms with Crippen LogP contribution < -0.4 is 25.8 Å². The second-order valence-electron chi connectivity index (χ2n) is 24.3. The van der Waals surface area contributed by atoms with Gasteiger partial charge >= 0.3 is 18.3 Å². The number of nitrogens with zero attached hydrogens (tertiary/aromatic N) is 13. The van der Waals surface area contributed by atoms with E-state index in [0.717, 1.165) is 106 Å². The number of pyridine rings is 2. The monoisotopic (exact) mass is 1140 g/mol. The maximum atomic E-state index is 13.0. The molecule has 4 aliphatic heterocycles. The van der Waals surface area contributed by atoms with Crippen LogP contribution in [0.5, 0.6) is 0 Å². The summed E-state index contributed by atoms with van der Waals surface area (Å²) in [6.45, 7) is 9.28. The molecule has 440 valence electrons. The average molecular weight is 1140 g/mol. The zero-order valence-electron chi connectivity index (χ0n) is 48.7. The number of rotatable bonds is 10. The van der Waals surface area contributed by atoms with E-state index in [0.29, 0.717) is 91.7 Å². The topological polar surface area (TPSA) is 253 Å². The van der Waals surface area contributed by atoms with Gasteiger partial charge in [-0.05, 0) is 122 Å². The Bertz CT molecular complexity index is 3370. The SMILES string of the molecule is CN(C)C(=O)c1cc2cnc(Nc3ccc(N4C[C@]5(CCCN(C(=O)OC(C)(C)C)CC5)OC4=O)cn3)nc2n1C1CCCC1.CN(C)C(=O)c1cc2cnc(Nc3ccc(N4C[C@]5(CCCNCC5)OC4=O)cn3)nc2n1C1CCCC1. The fraction of sp³-hybridized carbons (Fsp3) is 0.542. The van der Waals surface area contributed by atoms with Crippen LogP contribution in [0.15, 0.2) is 61.2 Å². The van der Waals surface area contributed by atoms with Crippen molar-refractivity contribution in [2.24, 2.45) is 0 Å². The Morgan fingerprint density at radius 2 is 1.10 bits per heavy atom. The Hall–Kier alpha value is -8.15. The van der Waals surface area contributed by atoms with E-state index in [2.05, 4.69) is 45.0 Å².